The summed E-state index contributed by atoms with van der Waals surface area (Å²) in [5.41, 5.74) is 6.42. The second-order valence-corrected chi connectivity index (χ2v) is 11.2. The summed E-state index contributed by atoms with van der Waals surface area (Å²) in [6.45, 7) is 12.7. The summed E-state index contributed by atoms with van der Waals surface area (Å²) in [7, 11) is 0. The molecule has 0 saturated heterocycles. The van der Waals surface area contributed by atoms with Crippen LogP contribution in [0.4, 0.5) is 0 Å². The Kier molecular flexibility index (Phi) is 7.85. The van der Waals surface area contributed by atoms with Crippen LogP contribution in [0, 0.1) is 0 Å². The van der Waals surface area contributed by atoms with Crippen molar-refractivity contribution in [2.45, 2.75) is 72.1 Å². The fourth-order valence-electron chi connectivity index (χ4n) is 4.98. The van der Waals surface area contributed by atoms with Crippen molar-refractivity contribution in [1.82, 2.24) is 14.5 Å². The topological polar surface area (TPSA) is 39.5 Å². The molecule has 0 amide bonds. The Bertz CT molecular complexity index is 1340. The maximum Gasteiger partial charge on any atom is 0.231 e. The predicted octanol–water partition coefficient (Wildman–Crippen LogP) is 7.58. The van der Waals surface area contributed by atoms with Gasteiger partial charge in [-0.3, -0.25) is 4.90 Å². The summed E-state index contributed by atoms with van der Waals surface area (Å²) in [6.07, 6.45) is 4.33. The van der Waals surface area contributed by atoms with E-state index in [9.17, 15) is 0 Å². The summed E-state index contributed by atoms with van der Waals surface area (Å²) in [5, 5.41) is 0. The van der Waals surface area contributed by atoms with Crippen LogP contribution in [0.5, 0.6) is 11.5 Å². The Morgan fingerprint density at radius 1 is 0.842 bits per heavy atom. The van der Waals surface area contributed by atoms with Crippen LogP contribution in [0.2, 0.25) is 0 Å². The number of hydrogen-bond acceptors (Lipinski definition) is 4. The first kappa shape index (κ1) is 26.1. The van der Waals surface area contributed by atoms with Crippen LogP contribution in [-0.4, -0.2) is 21.2 Å². The summed E-state index contributed by atoms with van der Waals surface area (Å²) in [6, 6.07) is 25.9. The van der Waals surface area contributed by atoms with Gasteiger partial charge in [0.25, 0.3) is 0 Å². The fraction of sp³-hybridized carbons (Fsp3) is 0.364. The van der Waals surface area contributed by atoms with Gasteiger partial charge in [0.1, 0.15) is 5.82 Å². The summed E-state index contributed by atoms with van der Waals surface area (Å²) in [4.78, 5) is 7.39. The standard InChI is InChI=1S/C33H39N3O2/c1-5-6-18-36-29(20-34-32(36)27-10-8-7-9-11-27)23-35(21-25-12-15-28(16-13-25)33(2,3)4)22-26-14-17-30-31(19-26)38-24-37-30/h7-17,19-20H,5-6,18,21-24H2,1-4H3. The average Bonchev–Trinajstić information content (AvgIpc) is 3.54. The molecule has 4 aromatic rings. The van der Waals surface area contributed by atoms with E-state index in [1.807, 2.05) is 6.07 Å². The fourth-order valence-corrected chi connectivity index (χ4v) is 4.98. The second-order valence-electron chi connectivity index (χ2n) is 11.2. The van der Waals surface area contributed by atoms with Crippen LogP contribution in [0.15, 0.2) is 79.0 Å². The van der Waals surface area contributed by atoms with Gasteiger partial charge in [0.15, 0.2) is 11.5 Å². The monoisotopic (exact) mass is 509 g/mol. The molecule has 38 heavy (non-hydrogen) atoms. The molecule has 2 heterocycles. The van der Waals surface area contributed by atoms with Crippen LogP contribution < -0.4 is 9.47 Å². The molecule has 0 atom stereocenters. The van der Waals surface area contributed by atoms with Gasteiger partial charge >= 0.3 is 0 Å². The number of benzene rings is 3. The Hall–Kier alpha value is -3.57. The van der Waals surface area contributed by atoms with Crippen LogP contribution in [0.1, 0.15) is 62.9 Å². The molecule has 5 rings (SSSR count). The minimum Gasteiger partial charge on any atom is -0.454 e. The minimum atomic E-state index is 0.143. The molecule has 0 N–H and O–H groups in total. The van der Waals surface area contributed by atoms with E-state index < -0.39 is 0 Å². The third kappa shape index (κ3) is 6.11. The lowest BCUT2D eigenvalue weighted by atomic mass is 9.87. The van der Waals surface area contributed by atoms with Gasteiger partial charge in [-0.1, -0.05) is 94.8 Å². The van der Waals surface area contributed by atoms with Crippen molar-refractivity contribution in [3.05, 3.63) is 101 Å². The van der Waals surface area contributed by atoms with Crippen LogP contribution in [-0.2, 0) is 31.6 Å². The maximum atomic E-state index is 5.66. The number of aromatic nitrogens is 2. The van der Waals surface area contributed by atoms with E-state index in [0.29, 0.717) is 6.79 Å². The first-order valence-corrected chi connectivity index (χ1v) is 13.7. The van der Waals surface area contributed by atoms with E-state index in [4.69, 9.17) is 14.5 Å². The highest BCUT2D eigenvalue weighted by molar-refractivity contribution is 5.56. The van der Waals surface area contributed by atoms with Crippen molar-refractivity contribution in [3.8, 4) is 22.9 Å². The molecule has 0 fully saturated rings. The molecule has 1 aliphatic rings. The molecule has 3 aromatic carbocycles. The zero-order chi connectivity index (χ0) is 26.5. The molecule has 0 saturated carbocycles. The number of unbranched alkanes of at least 4 members (excludes halogenated alkanes) is 1. The number of ether oxygens (including phenoxy) is 2. The molecular weight excluding hydrogens is 470 g/mol. The van der Waals surface area contributed by atoms with E-state index in [0.717, 1.165) is 61.9 Å². The zero-order valence-corrected chi connectivity index (χ0v) is 23.1. The Morgan fingerprint density at radius 3 is 2.29 bits per heavy atom. The number of imidazole rings is 1. The largest absolute Gasteiger partial charge is 0.454 e. The number of nitrogens with zero attached hydrogens (tertiary/aromatic N) is 3. The number of fused-ring (bicyclic) bond motifs is 1. The average molecular weight is 510 g/mol. The van der Waals surface area contributed by atoms with E-state index in [1.54, 1.807) is 0 Å². The van der Waals surface area contributed by atoms with E-state index in [2.05, 4.69) is 110 Å². The van der Waals surface area contributed by atoms with Crippen molar-refractivity contribution < 1.29 is 9.47 Å². The molecule has 5 nitrogen and oxygen atoms in total. The molecule has 0 spiro atoms. The smallest absolute Gasteiger partial charge is 0.231 e. The number of hydrogen-bond donors (Lipinski definition) is 0. The van der Waals surface area contributed by atoms with E-state index >= 15 is 0 Å². The molecule has 0 aliphatic carbocycles. The summed E-state index contributed by atoms with van der Waals surface area (Å²) < 4.78 is 13.6. The lowest BCUT2D eigenvalue weighted by molar-refractivity contribution is 0.174. The van der Waals surface area contributed by atoms with Crippen molar-refractivity contribution in [2.24, 2.45) is 0 Å². The van der Waals surface area contributed by atoms with Crippen molar-refractivity contribution in [1.29, 1.82) is 0 Å². The highest BCUT2D eigenvalue weighted by Crippen LogP contribution is 2.33. The Morgan fingerprint density at radius 2 is 1.55 bits per heavy atom. The van der Waals surface area contributed by atoms with Crippen molar-refractivity contribution >= 4 is 0 Å². The van der Waals surface area contributed by atoms with Crippen LogP contribution in [0.25, 0.3) is 11.4 Å². The molecule has 1 aromatic heterocycles. The minimum absolute atomic E-state index is 0.143. The Labute approximate surface area is 227 Å². The second kappa shape index (κ2) is 11.4. The van der Waals surface area contributed by atoms with E-state index in [-0.39, 0.29) is 5.41 Å². The Balaban J connectivity index is 1.44. The lowest BCUT2D eigenvalue weighted by Crippen LogP contribution is -2.24. The molecular formula is C33H39N3O2. The van der Waals surface area contributed by atoms with Crippen molar-refractivity contribution in [2.75, 3.05) is 6.79 Å². The van der Waals surface area contributed by atoms with Gasteiger partial charge in [0, 0.05) is 31.7 Å². The van der Waals surface area contributed by atoms with Gasteiger partial charge in [-0.15, -0.1) is 0 Å². The van der Waals surface area contributed by atoms with Gasteiger partial charge in [-0.25, -0.2) is 4.98 Å². The van der Waals surface area contributed by atoms with Crippen LogP contribution >= 0.6 is 0 Å². The van der Waals surface area contributed by atoms with Gasteiger partial charge in [0.05, 0.1) is 11.9 Å². The predicted molar refractivity (Wildman–Crippen MR) is 153 cm³/mol. The summed E-state index contributed by atoms with van der Waals surface area (Å²) in [5.74, 6) is 2.70. The van der Waals surface area contributed by atoms with Gasteiger partial charge in [-0.05, 0) is 40.7 Å². The highest BCUT2D eigenvalue weighted by Gasteiger charge is 2.19. The molecule has 198 valence electrons. The van der Waals surface area contributed by atoms with Crippen LogP contribution in [0.3, 0.4) is 0 Å². The third-order valence-electron chi connectivity index (χ3n) is 7.16. The molecule has 0 radical (unpaired) electrons. The first-order valence-electron chi connectivity index (χ1n) is 13.7. The third-order valence-corrected chi connectivity index (χ3v) is 7.16. The first-order chi connectivity index (χ1) is 18.4. The zero-order valence-electron chi connectivity index (χ0n) is 23.1. The lowest BCUT2D eigenvalue weighted by Gasteiger charge is -2.25. The molecule has 1 aliphatic heterocycles. The molecule has 0 bridgehead atoms. The molecule has 5 heteroatoms. The summed E-state index contributed by atoms with van der Waals surface area (Å²) >= 11 is 0. The van der Waals surface area contributed by atoms with Crippen molar-refractivity contribution in [3.63, 3.8) is 0 Å². The SMILES string of the molecule is CCCCn1c(CN(Cc2ccc(C(C)(C)C)cc2)Cc2ccc3c(c2)OCO3)cnc1-c1ccccc1. The molecule has 0 unspecified atom stereocenters. The van der Waals surface area contributed by atoms with Gasteiger partial charge in [-0.2, -0.15) is 0 Å². The quantitative estimate of drug-likeness (QED) is 0.221. The van der Waals surface area contributed by atoms with E-state index in [1.165, 1.54) is 22.4 Å². The van der Waals surface area contributed by atoms with Gasteiger partial charge < -0.3 is 14.0 Å². The van der Waals surface area contributed by atoms with Gasteiger partial charge in [0.2, 0.25) is 6.79 Å². The normalized spacial score (nSPS) is 12.9. The highest BCUT2D eigenvalue weighted by atomic mass is 16.7. The number of rotatable bonds is 10. The maximum absolute atomic E-state index is 5.66.